The molecular formula is C17H19NO. The second kappa shape index (κ2) is 5.06. The van der Waals surface area contributed by atoms with Gasteiger partial charge in [-0.25, -0.2) is 0 Å². The highest BCUT2D eigenvalue weighted by molar-refractivity contribution is 5.41. The second-order valence-corrected chi connectivity index (χ2v) is 5.15. The van der Waals surface area contributed by atoms with E-state index in [0.717, 1.165) is 18.6 Å². The molecule has 3 rings (SSSR count). The molecular weight excluding hydrogens is 234 g/mol. The molecule has 2 N–H and O–H groups in total. The van der Waals surface area contributed by atoms with Crippen molar-refractivity contribution >= 4 is 0 Å². The number of methoxy groups -OCH3 is 1. The molecule has 19 heavy (non-hydrogen) atoms. The van der Waals surface area contributed by atoms with E-state index in [2.05, 4.69) is 42.5 Å². The molecule has 2 aromatic rings. The molecule has 0 aromatic heterocycles. The topological polar surface area (TPSA) is 35.2 Å². The van der Waals surface area contributed by atoms with Crippen LogP contribution in [0.25, 0.3) is 0 Å². The van der Waals surface area contributed by atoms with Gasteiger partial charge in [0, 0.05) is 12.0 Å². The number of rotatable bonds is 2. The number of aryl methyl sites for hydroxylation is 1. The lowest BCUT2D eigenvalue weighted by atomic mass is 9.77. The SMILES string of the molecule is COc1ccc2c(c1)CC[C@H](c1ccccc1)[C@@H]2N. The Labute approximate surface area is 114 Å². The molecule has 2 aromatic carbocycles. The molecule has 0 amide bonds. The van der Waals surface area contributed by atoms with Gasteiger partial charge in [-0.3, -0.25) is 0 Å². The summed E-state index contributed by atoms with van der Waals surface area (Å²) >= 11 is 0. The van der Waals surface area contributed by atoms with Gasteiger partial charge in [0.25, 0.3) is 0 Å². The van der Waals surface area contributed by atoms with Crippen molar-refractivity contribution in [2.75, 3.05) is 7.11 Å². The molecule has 0 heterocycles. The third-order valence-electron chi connectivity index (χ3n) is 4.10. The summed E-state index contributed by atoms with van der Waals surface area (Å²) in [5.74, 6) is 1.34. The summed E-state index contributed by atoms with van der Waals surface area (Å²) in [6.45, 7) is 0. The molecule has 1 aliphatic carbocycles. The van der Waals surface area contributed by atoms with Crippen molar-refractivity contribution in [3.63, 3.8) is 0 Å². The lowest BCUT2D eigenvalue weighted by molar-refractivity contribution is 0.411. The Hall–Kier alpha value is -1.80. The number of nitrogens with two attached hydrogens (primary N) is 1. The van der Waals surface area contributed by atoms with Crippen molar-refractivity contribution in [2.45, 2.75) is 24.8 Å². The van der Waals surface area contributed by atoms with E-state index in [-0.39, 0.29) is 6.04 Å². The number of hydrogen-bond acceptors (Lipinski definition) is 2. The Morgan fingerprint density at radius 1 is 1.11 bits per heavy atom. The number of hydrogen-bond donors (Lipinski definition) is 1. The maximum Gasteiger partial charge on any atom is 0.119 e. The van der Waals surface area contributed by atoms with Gasteiger partial charge in [0.15, 0.2) is 0 Å². The molecule has 0 saturated heterocycles. The molecule has 0 bridgehead atoms. The van der Waals surface area contributed by atoms with Crippen LogP contribution in [-0.4, -0.2) is 7.11 Å². The quantitative estimate of drug-likeness (QED) is 0.890. The van der Waals surface area contributed by atoms with Crippen molar-refractivity contribution in [3.8, 4) is 5.75 Å². The van der Waals surface area contributed by atoms with Crippen LogP contribution in [0, 0.1) is 0 Å². The van der Waals surface area contributed by atoms with Crippen molar-refractivity contribution in [1.29, 1.82) is 0 Å². The van der Waals surface area contributed by atoms with E-state index >= 15 is 0 Å². The Bertz CT molecular complexity index is 565. The third-order valence-corrected chi connectivity index (χ3v) is 4.10. The average Bonchev–Trinajstić information content (AvgIpc) is 2.48. The first kappa shape index (κ1) is 12.2. The smallest absolute Gasteiger partial charge is 0.119 e. The highest BCUT2D eigenvalue weighted by Gasteiger charge is 2.27. The standard InChI is InChI=1S/C17H19NO/c1-19-14-8-10-16-13(11-14)7-9-15(17(16)18)12-5-3-2-4-6-12/h2-6,8,10-11,15,17H,7,9,18H2,1H3/t15-,17+/m1/s1. The van der Waals surface area contributed by atoms with Gasteiger partial charge in [0.05, 0.1) is 7.11 Å². The first-order chi connectivity index (χ1) is 9.29. The molecule has 2 nitrogen and oxygen atoms in total. The van der Waals surface area contributed by atoms with Gasteiger partial charge in [-0.05, 0) is 41.7 Å². The molecule has 0 spiro atoms. The Morgan fingerprint density at radius 3 is 2.63 bits per heavy atom. The Morgan fingerprint density at radius 2 is 1.89 bits per heavy atom. The summed E-state index contributed by atoms with van der Waals surface area (Å²) in [5, 5.41) is 0. The van der Waals surface area contributed by atoms with Crippen LogP contribution in [0.4, 0.5) is 0 Å². The van der Waals surface area contributed by atoms with E-state index in [1.165, 1.54) is 16.7 Å². The summed E-state index contributed by atoms with van der Waals surface area (Å²) in [6.07, 6.45) is 2.17. The summed E-state index contributed by atoms with van der Waals surface area (Å²) in [5.41, 5.74) is 10.4. The van der Waals surface area contributed by atoms with Crippen LogP contribution in [0.5, 0.6) is 5.75 Å². The molecule has 98 valence electrons. The first-order valence-corrected chi connectivity index (χ1v) is 6.77. The van der Waals surface area contributed by atoms with Gasteiger partial charge < -0.3 is 10.5 Å². The van der Waals surface area contributed by atoms with Gasteiger partial charge in [-0.1, -0.05) is 36.4 Å². The molecule has 0 radical (unpaired) electrons. The number of ether oxygens (including phenoxy) is 1. The van der Waals surface area contributed by atoms with Crippen LogP contribution in [0.1, 0.15) is 35.1 Å². The van der Waals surface area contributed by atoms with Crippen molar-refractivity contribution < 1.29 is 4.74 Å². The fourth-order valence-electron chi connectivity index (χ4n) is 3.03. The maximum absolute atomic E-state index is 6.47. The van der Waals surface area contributed by atoms with Crippen LogP contribution >= 0.6 is 0 Å². The van der Waals surface area contributed by atoms with Crippen molar-refractivity contribution in [2.24, 2.45) is 5.73 Å². The van der Waals surface area contributed by atoms with E-state index in [9.17, 15) is 0 Å². The summed E-state index contributed by atoms with van der Waals surface area (Å²) < 4.78 is 5.29. The zero-order valence-corrected chi connectivity index (χ0v) is 11.2. The fraction of sp³-hybridized carbons (Fsp3) is 0.294. The molecule has 2 atom stereocenters. The maximum atomic E-state index is 6.47. The lowest BCUT2D eigenvalue weighted by Gasteiger charge is -2.31. The third kappa shape index (κ3) is 2.24. The van der Waals surface area contributed by atoms with E-state index in [1.54, 1.807) is 7.11 Å². The van der Waals surface area contributed by atoms with Crippen LogP contribution in [0.15, 0.2) is 48.5 Å². The summed E-state index contributed by atoms with van der Waals surface area (Å²) in [4.78, 5) is 0. The van der Waals surface area contributed by atoms with Gasteiger partial charge >= 0.3 is 0 Å². The minimum Gasteiger partial charge on any atom is -0.497 e. The molecule has 0 fully saturated rings. The average molecular weight is 253 g/mol. The van der Waals surface area contributed by atoms with Gasteiger partial charge in [0.1, 0.15) is 5.75 Å². The van der Waals surface area contributed by atoms with Crippen molar-refractivity contribution in [3.05, 3.63) is 65.2 Å². The normalized spacial score (nSPS) is 21.8. The van der Waals surface area contributed by atoms with Crippen molar-refractivity contribution in [1.82, 2.24) is 0 Å². The van der Waals surface area contributed by atoms with Crippen LogP contribution in [0.3, 0.4) is 0 Å². The molecule has 2 heteroatoms. The van der Waals surface area contributed by atoms with E-state index in [1.807, 2.05) is 6.07 Å². The highest BCUT2D eigenvalue weighted by atomic mass is 16.5. The van der Waals surface area contributed by atoms with E-state index in [4.69, 9.17) is 10.5 Å². The molecule has 0 unspecified atom stereocenters. The highest BCUT2D eigenvalue weighted by Crippen LogP contribution is 2.40. The predicted molar refractivity (Wildman–Crippen MR) is 77.4 cm³/mol. The molecule has 0 saturated carbocycles. The number of benzene rings is 2. The van der Waals surface area contributed by atoms with Gasteiger partial charge in [-0.15, -0.1) is 0 Å². The van der Waals surface area contributed by atoms with Crippen LogP contribution in [-0.2, 0) is 6.42 Å². The molecule has 1 aliphatic rings. The van der Waals surface area contributed by atoms with Crippen LogP contribution < -0.4 is 10.5 Å². The summed E-state index contributed by atoms with van der Waals surface area (Å²) in [7, 11) is 1.71. The minimum absolute atomic E-state index is 0.0806. The second-order valence-electron chi connectivity index (χ2n) is 5.15. The van der Waals surface area contributed by atoms with E-state index in [0.29, 0.717) is 5.92 Å². The lowest BCUT2D eigenvalue weighted by Crippen LogP contribution is -2.25. The zero-order chi connectivity index (χ0) is 13.2. The minimum atomic E-state index is 0.0806. The fourth-order valence-corrected chi connectivity index (χ4v) is 3.03. The number of fused-ring (bicyclic) bond motifs is 1. The molecule has 0 aliphatic heterocycles. The van der Waals surface area contributed by atoms with Gasteiger partial charge in [-0.2, -0.15) is 0 Å². The predicted octanol–water partition coefficient (Wildman–Crippen LogP) is 3.43. The van der Waals surface area contributed by atoms with E-state index < -0.39 is 0 Å². The monoisotopic (exact) mass is 253 g/mol. The first-order valence-electron chi connectivity index (χ1n) is 6.77. The largest absolute Gasteiger partial charge is 0.497 e. The zero-order valence-electron chi connectivity index (χ0n) is 11.2. The van der Waals surface area contributed by atoms with Gasteiger partial charge in [0.2, 0.25) is 0 Å². The Kier molecular flexibility index (Phi) is 3.26. The Balaban J connectivity index is 1.94. The van der Waals surface area contributed by atoms with Crippen LogP contribution in [0.2, 0.25) is 0 Å². The summed E-state index contributed by atoms with van der Waals surface area (Å²) in [6, 6.07) is 16.9.